The topological polar surface area (TPSA) is 57.8 Å². The number of aromatic nitrogens is 2. The summed E-state index contributed by atoms with van der Waals surface area (Å²) in [5.41, 5.74) is 5.13. The van der Waals surface area contributed by atoms with Crippen LogP contribution in [0.2, 0.25) is 0 Å². The predicted molar refractivity (Wildman–Crippen MR) is 116 cm³/mol. The van der Waals surface area contributed by atoms with E-state index in [0.717, 1.165) is 44.2 Å². The summed E-state index contributed by atoms with van der Waals surface area (Å²) in [6.07, 6.45) is 2.15. The fraction of sp³-hybridized carbons (Fsp3) is 0.130. The summed E-state index contributed by atoms with van der Waals surface area (Å²) in [5, 5.41) is 5.13. The molecular formula is C23H21N3OS. The third-order valence-electron chi connectivity index (χ3n) is 4.60. The van der Waals surface area contributed by atoms with Gasteiger partial charge in [0.1, 0.15) is 0 Å². The summed E-state index contributed by atoms with van der Waals surface area (Å²) in [5.74, 6) is 0.796. The first-order valence-corrected chi connectivity index (χ1v) is 10.2. The number of rotatable bonds is 6. The first-order valence-electron chi connectivity index (χ1n) is 9.18. The lowest BCUT2D eigenvalue weighted by Crippen LogP contribution is -2.14. The molecule has 2 aromatic carbocycles. The maximum atomic E-state index is 12.6. The molecule has 1 amide bonds. The zero-order chi connectivity index (χ0) is 19.3. The SMILES string of the molecule is Cc1[nH]c2ccccc2c1CC(=O)Nc1cccc(CSc2ccccn2)c1. The first-order chi connectivity index (χ1) is 13.7. The van der Waals surface area contributed by atoms with Gasteiger partial charge in [-0.1, -0.05) is 36.4 Å². The Labute approximate surface area is 168 Å². The molecule has 0 bridgehead atoms. The lowest BCUT2D eigenvalue weighted by Gasteiger charge is -2.08. The molecule has 0 saturated carbocycles. The van der Waals surface area contributed by atoms with Crippen LogP contribution in [-0.4, -0.2) is 15.9 Å². The number of hydrogen-bond acceptors (Lipinski definition) is 3. The highest BCUT2D eigenvalue weighted by Gasteiger charge is 2.12. The van der Waals surface area contributed by atoms with Crippen LogP contribution in [0.15, 0.2) is 78.0 Å². The Morgan fingerprint density at radius 2 is 1.93 bits per heavy atom. The minimum Gasteiger partial charge on any atom is -0.358 e. The molecule has 4 nitrogen and oxygen atoms in total. The van der Waals surface area contributed by atoms with Gasteiger partial charge in [0.2, 0.25) is 5.91 Å². The van der Waals surface area contributed by atoms with E-state index in [1.54, 1.807) is 18.0 Å². The predicted octanol–water partition coefficient (Wildman–Crippen LogP) is 5.34. The number of H-pyrrole nitrogens is 1. The van der Waals surface area contributed by atoms with Crippen LogP contribution in [0.4, 0.5) is 5.69 Å². The van der Waals surface area contributed by atoms with E-state index in [1.165, 1.54) is 0 Å². The first kappa shape index (κ1) is 18.3. The van der Waals surface area contributed by atoms with Crippen molar-refractivity contribution in [3.8, 4) is 0 Å². The fourth-order valence-electron chi connectivity index (χ4n) is 3.26. The highest BCUT2D eigenvalue weighted by atomic mass is 32.2. The number of fused-ring (bicyclic) bond motifs is 1. The minimum absolute atomic E-state index is 0.0117. The quantitative estimate of drug-likeness (QED) is 0.439. The summed E-state index contributed by atoms with van der Waals surface area (Å²) in [6.45, 7) is 2.01. The molecule has 0 fully saturated rings. The highest BCUT2D eigenvalue weighted by Crippen LogP contribution is 2.24. The van der Waals surface area contributed by atoms with Gasteiger partial charge in [0.25, 0.3) is 0 Å². The number of para-hydroxylation sites is 1. The Balaban J connectivity index is 1.42. The maximum Gasteiger partial charge on any atom is 0.228 e. The molecule has 2 heterocycles. The molecule has 0 spiro atoms. The minimum atomic E-state index is -0.0117. The van der Waals surface area contributed by atoms with Gasteiger partial charge in [-0.2, -0.15) is 0 Å². The number of nitrogens with zero attached hydrogens (tertiary/aromatic N) is 1. The van der Waals surface area contributed by atoms with Crippen molar-refractivity contribution in [3.05, 3.63) is 89.7 Å². The molecule has 2 N–H and O–H groups in total. The van der Waals surface area contributed by atoms with Crippen LogP contribution in [0.25, 0.3) is 10.9 Å². The standard InChI is InChI=1S/C23H21N3OS/c1-16-20(19-9-2-3-10-21(19)25-16)14-22(27)26-18-8-6-7-17(13-18)15-28-23-11-4-5-12-24-23/h2-13,25H,14-15H2,1H3,(H,26,27). The lowest BCUT2D eigenvalue weighted by atomic mass is 10.1. The molecule has 0 unspecified atom stereocenters. The monoisotopic (exact) mass is 387 g/mol. The van der Waals surface area contributed by atoms with Crippen molar-refractivity contribution in [2.75, 3.05) is 5.32 Å². The number of amides is 1. The van der Waals surface area contributed by atoms with Gasteiger partial charge in [-0.3, -0.25) is 4.79 Å². The van der Waals surface area contributed by atoms with E-state index in [2.05, 4.69) is 27.4 Å². The van der Waals surface area contributed by atoms with Gasteiger partial charge in [-0.05, 0) is 48.4 Å². The molecular weight excluding hydrogens is 366 g/mol. The zero-order valence-electron chi connectivity index (χ0n) is 15.6. The second-order valence-corrected chi connectivity index (χ2v) is 7.65. The molecule has 4 rings (SSSR count). The Morgan fingerprint density at radius 1 is 1.07 bits per heavy atom. The molecule has 0 atom stereocenters. The number of carbonyl (C=O) groups is 1. The molecule has 5 heteroatoms. The largest absolute Gasteiger partial charge is 0.358 e. The number of benzene rings is 2. The van der Waals surface area contributed by atoms with E-state index >= 15 is 0 Å². The van der Waals surface area contributed by atoms with E-state index < -0.39 is 0 Å². The van der Waals surface area contributed by atoms with E-state index in [-0.39, 0.29) is 5.91 Å². The number of thioether (sulfide) groups is 1. The zero-order valence-corrected chi connectivity index (χ0v) is 16.4. The lowest BCUT2D eigenvalue weighted by molar-refractivity contribution is -0.115. The van der Waals surface area contributed by atoms with Crippen LogP contribution in [0.1, 0.15) is 16.8 Å². The molecule has 0 aliphatic heterocycles. The number of pyridine rings is 1. The molecule has 0 radical (unpaired) electrons. The van der Waals surface area contributed by atoms with E-state index in [4.69, 9.17) is 0 Å². The highest BCUT2D eigenvalue weighted by molar-refractivity contribution is 7.98. The Hall–Kier alpha value is -3.05. The number of carbonyl (C=O) groups excluding carboxylic acids is 1. The van der Waals surface area contributed by atoms with Gasteiger partial charge in [0.05, 0.1) is 11.4 Å². The third-order valence-corrected chi connectivity index (χ3v) is 5.61. The molecule has 140 valence electrons. The molecule has 2 aromatic heterocycles. The number of hydrogen-bond donors (Lipinski definition) is 2. The van der Waals surface area contributed by atoms with E-state index in [0.29, 0.717) is 6.42 Å². The summed E-state index contributed by atoms with van der Waals surface area (Å²) in [4.78, 5) is 20.3. The van der Waals surface area contributed by atoms with Gasteiger partial charge in [-0.25, -0.2) is 4.98 Å². The van der Waals surface area contributed by atoms with Crippen LogP contribution < -0.4 is 5.32 Å². The van der Waals surface area contributed by atoms with E-state index in [9.17, 15) is 4.79 Å². The second-order valence-electron chi connectivity index (χ2n) is 6.66. The Morgan fingerprint density at radius 3 is 2.79 bits per heavy atom. The van der Waals surface area contributed by atoms with Crippen LogP contribution in [0.5, 0.6) is 0 Å². The van der Waals surface area contributed by atoms with Gasteiger partial charge in [0, 0.05) is 34.2 Å². The smallest absolute Gasteiger partial charge is 0.228 e. The number of anilines is 1. The summed E-state index contributed by atoms with van der Waals surface area (Å²) >= 11 is 1.68. The summed E-state index contributed by atoms with van der Waals surface area (Å²) in [7, 11) is 0. The number of aryl methyl sites for hydroxylation is 1. The molecule has 28 heavy (non-hydrogen) atoms. The maximum absolute atomic E-state index is 12.6. The van der Waals surface area contributed by atoms with Crippen molar-refractivity contribution in [1.29, 1.82) is 0 Å². The van der Waals surface area contributed by atoms with Gasteiger partial charge in [0.15, 0.2) is 0 Å². The van der Waals surface area contributed by atoms with Gasteiger partial charge in [-0.15, -0.1) is 11.8 Å². The fourth-order valence-corrected chi connectivity index (χ4v) is 4.06. The van der Waals surface area contributed by atoms with Crippen molar-refractivity contribution in [2.45, 2.75) is 24.1 Å². The van der Waals surface area contributed by atoms with Crippen molar-refractivity contribution >= 4 is 34.3 Å². The summed E-state index contributed by atoms with van der Waals surface area (Å²) in [6, 6.07) is 22.0. The van der Waals surface area contributed by atoms with Crippen molar-refractivity contribution in [2.24, 2.45) is 0 Å². The van der Waals surface area contributed by atoms with Crippen LogP contribution >= 0.6 is 11.8 Å². The third kappa shape index (κ3) is 4.26. The number of aromatic amines is 1. The number of nitrogens with one attached hydrogen (secondary N) is 2. The molecule has 4 aromatic rings. The van der Waals surface area contributed by atoms with Crippen molar-refractivity contribution in [1.82, 2.24) is 9.97 Å². The molecule has 0 aliphatic carbocycles. The summed E-state index contributed by atoms with van der Waals surface area (Å²) < 4.78 is 0. The molecule has 0 saturated heterocycles. The molecule has 0 aliphatic rings. The normalized spacial score (nSPS) is 10.9. The van der Waals surface area contributed by atoms with Crippen LogP contribution in [0.3, 0.4) is 0 Å². The van der Waals surface area contributed by atoms with Crippen molar-refractivity contribution in [3.63, 3.8) is 0 Å². The average molecular weight is 388 g/mol. The van der Waals surface area contributed by atoms with Crippen LogP contribution in [0, 0.1) is 6.92 Å². The Bertz CT molecular complexity index is 1110. The van der Waals surface area contributed by atoms with E-state index in [1.807, 2.05) is 61.5 Å². The average Bonchev–Trinajstić information content (AvgIpc) is 3.03. The van der Waals surface area contributed by atoms with Gasteiger partial charge >= 0.3 is 0 Å². The van der Waals surface area contributed by atoms with Crippen molar-refractivity contribution < 1.29 is 4.79 Å². The Kier molecular flexibility index (Phi) is 5.44. The van der Waals surface area contributed by atoms with Gasteiger partial charge < -0.3 is 10.3 Å². The van der Waals surface area contributed by atoms with Crippen LogP contribution in [-0.2, 0) is 17.0 Å². The second kappa shape index (κ2) is 8.31.